The lowest BCUT2D eigenvalue weighted by Gasteiger charge is -2.16. The Bertz CT molecular complexity index is 573. The maximum atomic E-state index is 2.36. The second-order valence-electron chi connectivity index (χ2n) is 4.54. The van der Waals surface area contributed by atoms with Crippen LogP contribution in [0.4, 0.5) is 0 Å². The molecule has 0 atom stereocenters. The molecule has 1 aliphatic rings. The van der Waals surface area contributed by atoms with Crippen LogP contribution in [0.25, 0.3) is 0 Å². The average Bonchev–Trinajstić information content (AvgIpc) is 2.39. The maximum absolute atomic E-state index is 2.36. The van der Waals surface area contributed by atoms with E-state index in [4.69, 9.17) is 0 Å². The van der Waals surface area contributed by atoms with Gasteiger partial charge in [0.15, 0.2) is 0 Å². The highest BCUT2D eigenvalue weighted by atomic mass is 127. The van der Waals surface area contributed by atoms with Crippen LogP contribution in [0.2, 0.25) is 0 Å². The van der Waals surface area contributed by atoms with E-state index in [9.17, 15) is 0 Å². The predicted molar refractivity (Wildman–Crippen MR) is 70.9 cm³/mol. The van der Waals surface area contributed by atoms with Crippen LogP contribution >= 0.6 is 0 Å². The molecule has 1 nitrogen and oxygen atoms in total. The number of fused-ring (bicyclic) bond motifs is 1. The van der Waals surface area contributed by atoms with Gasteiger partial charge in [-0.25, -0.2) is 4.58 Å². The van der Waals surface area contributed by atoms with Gasteiger partial charge in [-0.15, -0.1) is 0 Å². The first-order chi connectivity index (χ1) is 8.36. The first kappa shape index (κ1) is 13.3. The van der Waals surface area contributed by atoms with Gasteiger partial charge in [0.1, 0.15) is 13.6 Å². The maximum Gasteiger partial charge on any atom is 0.214 e. The van der Waals surface area contributed by atoms with Crippen molar-refractivity contribution in [2.75, 3.05) is 13.6 Å². The Kier molecular flexibility index (Phi) is 4.17. The van der Waals surface area contributed by atoms with Gasteiger partial charge in [-0.05, 0) is 23.8 Å². The van der Waals surface area contributed by atoms with Crippen molar-refractivity contribution in [2.45, 2.75) is 6.42 Å². The smallest absolute Gasteiger partial charge is 0.214 e. The normalized spacial score (nSPS) is 13.8. The minimum Gasteiger partial charge on any atom is -1.00 e. The summed E-state index contributed by atoms with van der Waals surface area (Å²) in [6.45, 7) is 1.10. The fraction of sp³-hybridized carbons (Fsp3) is 0.188. The van der Waals surface area contributed by atoms with E-state index in [0.717, 1.165) is 13.0 Å². The average molecular weight is 349 g/mol. The first-order valence-electron chi connectivity index (χ1n) is 6.08. The zero-order valence-corrected chi connectivity index (χ0v) is 12.6. The molecule has 0 amide bonds. The second kappa shape index (κ2) is 5.65. The van der Waals surface area contributed by atoms with E-state index >= 15 is 0 Å². The lowest BCUT2D eigenvalue weighted by atomic mass is 9.93. The molecule has 0 unspecified atom stereocenters. The summed E-state index contributed by atoms with van der Waals surface area (Å²) in [6.07, 6.45) is 1.14. The Hall–Kier alpha value is -1.16. The molecule has 18 heavy (non-hydrogen) atoms. The van der Waals surface area contributed by atoms with Crippen molar-refractivity contribution in [3.05, 3.63) is 71.3 Å². The van der Waals surface area contributed by atoms with Crippen molar-refractivity contribution in [1.82, 2.24) is 0 Å². The molecule has 0 fully saturated rings. The largest absolute Gasteiger partial charge is 1.00 e. The number of benzene rings is 2. The Balaban J connectivity index is 0.00000120. The summed E-state index contributed by atoms with van der Waals surface area (Å²) < 4.78 is 2.36. The number of halogens is 1. The van der Waals surface area contributed by atoms with Gasteiger partial charge < -0.3 is 24.0 Å². The van der Waals surface area contributed by atoms with Gasteiger partial charge in [-0.3, -0.25) is 0 Å². The molecule has 3 rings (SSSR count). The molecule has 0 aromatic heterocycles. The third kappa shape index (κ3) is 2.34. The van der Waals surface area contributed by atoms with Crippen LogP contribution < -0.4 is 24.0 Å². The van der Waals surface area contributed by atoms with E-state index < -0.39 is 0 Å². The number of rotatable bonds is 1. The molecular formula is C16H16IN. The number of hydrogen-bond acceptors (Lipinski definition) is 0. The highest BCUT2D eigenvalue weighted by molar-refractivity contribution is 6.10. The minimum atomic E-state index is 0. The predicted octanol–water partition coefficient (Wildman–Crippen LogP) is -0.274. The zero-order valence-electron chi connectivity index (χ0n) is 10.4. The Morgan fingerprint density at radius 1 is 0.889 bits per heavy atom. The Morgan fingerprint density at radius 2 is 1.56 bits per heavy atom. The monoisotopic (exact) mass is 349 g/mol. The molecule has 2 aromatic rings. The van der Waals surface area contributed by atoms with E-state index in [-0.39, 0.29) is 24.0 Å². The van der Waals surface area contributed by atoms with Crippen LogP contribution in [0.5, 0.6) is 0 Å². The van der Waals surface area contributed by atoms with Crippen molar-refractivity contribution in [3.63, 3.8) is 0 Å². The van der Waals surface area contributed by atoms with Crippen molar-refractivity contribution in [1.29, 1.82) is 0 Å². The Morgan fingerprint density at radius 3 is 2.33 bits per heavy atom. The van der Waals surface area contributed by atoms with Crippen LogP contribution in [0.1, 0.15) is 16.7 Å². The van der Waals surface area contributed by atoms with Gasteiger partial charge in [0, 0.05) is 17.5 Å². The number of hydrogen-bond donors (Lipinski definition) is 0. The summed E-state index contributed by atoms with van der Waals surface area (Å²) >= 11 is 0. The molecule has 92 valence electrons. The molecule has 0 bridgehead atoms. The molecule has 2 heteroatoms. The molecule has 0 radical (unpaired) electrons. The summed E-state index contributed by atoms with van der Waals surface area (Å²) in [5, 5.41) is 0. The summed E-state index contributed by atoms with van der Waals surface area (Å²) in [7, 11) is 2.18. The lowest BCUT2D eigenvalue weighted by molar-refractivity contribution is -0.497. The van der Waals surface area contributed by atoms with Gasteiger partial charge in [-0.1, -0.05) is 36.4 Å². The van der Waals surface area contributed by atoms with Crippen LogP contribution in [0, 0.1) is 0 Å². The van der Waals surface area contributed by atoms with Gasteiger partial charge in [0.05, 0.1) is 0 Å². The molecule has 0 spiro atoms. The summed E-state index contributed by atoms with van der Waals surface area (Å²) in [5.41, 5.74) is 5.51. The van der Waals surface area contributed by atoms with Crippen molar-refractivity contribution >= 4 is 5.71 Å². The minimum absolute atomic E-state index is 0. The standard InChI is InChI=1S/C16H16N.HI/c1-17-12-11-13-7-5-6-10-15(13)16(17)14-8-3-2-4-9-14;/h2-10H,11-12H2,1H3;1H/q+1;/p-1. The van der Waals surface area contributed by atoms with Crippen molar-refractivity contribution in [3.8, 4) is 0 Å². The highest BCUT2D eigenvalue weighted by Gasteiger charge is 2.23. The fourth-order valence-corrected chi connectivity index (χ4v) is 2.55. The zero-order chi connectivity index (χ0) is 11.7. The van der Waals surface area contributed by atoms with Crippen molar-refractivity contribution < 1.29 is 28.6 Å². The van der Waals surface area contributed by atoms with Gasteiger partial charge in [0.25, 0.3) is 0 Å². The molecule has 1 heterocycles. The molecule has 0 aliphatic carbocycles. The van der Waals surface area contributed by atoms with Crippen LogP contribution in [0.15, 0.2) is 54.6 Å². The van der Waals surface area contributed by atoms with E-state index in [2.05, 4.69) is 66.2 Å². The van der Waals surface area contributed by atoms with Crippen LogP contribution in [-0.2, 0) is 6.42 Å². The third-order valence-corrected chi connectivity index (χ3v) is 3.42. The summed E-state index contributed by atoms with van der Waals surface area (Å²) in [5.74, 6) is 0. The summed E-state index contributed by atoms with van der Waals surface area (Å²) in [4.78, 5) is 0. The Labute approximate surface area is 125 Å². The fourth-order valence-electron chi connectivity index (χ4n) is 2.55. The van der Waals surface area contributed by atoms with Gasteiger partial charge >= 0.3 is 0 Å². The second-order valence-corrected chi connectivity index (χ2v) is 4.54. The molecule has 0 saturated carbocycles. The van der Waals surface area contributed by atoms with E-state index in [1.54, 1.807) is 0 Å². The molecule has 1 aliphatic heterocycles. The number of nitrogens with zero attached hydrogens (tertiary/aromatic N) is 1. The quantitative estimate of drug-likeness (QED) is 0.493. The van der Waals surface area contributed by atoms with Gasteiger partial charge in [-0.2, -0.15) is 0 Å². The van der Waals surface area contributed by atoms with Gasteiger partial charge in [0.2, 0.25) is 5.71 Å². The van der Waals surface area contributed by atoms with E-state index in [0.29, 0.717) is 0 Å². The third-order valence-electron chi connectivity index (χ3n) is 3.42. The highest BCUT2D eigenvalue weighted by Crippen LogP contribution is 2.19. The molecule has 0 N–H and O–H groups in total. The molecule has 0 saturated heterocycles. The first-order valence-corrected chi connectivity index (χ1v) is 6.08. The van der Waals surface area contributed by atoms with Crippen molar-refractivity contribution in [2.24, 2.45) is 0 Å². The molecule has 2 aromatic carbocycles. The van der Waals surface area contributed by atoms with E-state index in [1.165, 1.54) is 22.4 Å². The lowest BCUT2D eigenvalue weighted by Crippen LogP contribution is -3.00. The SMILES string of the molecule is C[N+]1=C(c2ccccc2)c2ccccc2CC1.[I-]. The topological polar surface area (TPSA) is 3.01 Å². The van der Waals surface area contributed by atoms with E-state index in [1.807, 2.05) is 0 Å². The number of likely N-dealkylation sites (N-methyl/N-ethyl adjacent to an activating group) is 1. The van der Waals surface area contributed by atoms with Crippen LogP contribution in [-0.4, -0.2) is 23.9 Å². The summed E-state index contributed by atoms with van der Waals surface area (Å²) in [6, 6.07) is 19.4. The molecular weight excluding hydrogens is 333 g/mol. The van der Waals surface area contributed by atoms with Crippen LogP contribution in [0.3, 0.4) is 0 Å².